The summed E-state index contributed by atoms with van der Waals surface area (Å²) >= 11 is 1.65. The van der Waals surface area contributed by atoms with Crippen LogP contribution in [0, 0.1) is 0 Å². The average Bonchev–Trinajstić information content (AvgIpc) is 3.33. The fourth-order valence-electron chi connectivity index (χ4n) is 3.72. The molecule has 1 fully saturated rings. The van der Waals surface area contributed by atoms with E-state index in [0.717, 1.165) is 24.2 Å². The van der Waals surface area contributed by atoms with Gasteiger partial charge in [-0.3, -0.25) is 4.79 Å². The van der Waals surface area contributed by atoms with Crippen LogP contribution in [0.25, 0.3) is 0 Å². The lowest BCUT2D eigenvalue weighted by Gasteiger charge is -2.35. The largest absolute Gasteiger partial charge is 0.459 e. The van der Waals surface area contributed by atoms with Crippen LogP contribution >= 0.6 is 11.3 Å². The molecule has 0 bridgehead atoms. The Kier molecular flexibility index (Phi) is 6.84. The van der Waals surface area contributed by atoms with Crippen molar-refractivity contribution in [2.75, 3.05) is 33.2 Å². The molecule has 160 valence electrons. The molecule has 6 nitrogen and oxygen atoms in total. The summed E-state index contributed by atoms with van der Waals surface area (Å²) in [5, 5.41) is 13.4. The molecule has 2 aromatic rings. The predicted octanol–water partition coefficient (Wildman–Crippen LogP) is 2.95. The SMILES string of the molecule is CN1CCN(C(=O)C2=C[C@@H](c3ccsc3)C[C@@H](OCc3ccc(CO)cc3)O2)CC1. The number of carbonyl (C=O) groups excluding carboxylic acids is 1. The van der Waals surface area contributed by atoms with Crippen LogP contribution in [0.1, 0.15) is 29.0 Å². The number of ether oxygens (including phenoxy) is 2. The van der Waals surface area contributed by atoms with Gasteiger partial charge in [-0.1, -0.05) is 24.3 Å². The van der Waals surface area contributed by atoms with Crippen LogP contribution < -0.4 is 0 Å². The highest BCUT2D eigenvalue weighted by Crippen LogP contribution is 2.33. The first-order valence-corrected chi connectivity index (χ1v) is 11.3. The number of benzene rings is 1. The van der Waals surface area contributed by atoms with Crippen molar-refractivity contribution in [3.63, 3.8) is 0 Å². The summed E-state index contributed by atoms with van der Waals surface area (Å²) in [7, 11) is 2.07. The number of allylic oxidation sites excluding steroid dienone is 1. The Bertz CT molecular complexity index is 858. The topological polar surface area (TPSA) is 62.2 Å². The van der Waals surface area contributed by atoms with Gasteiger partial charge in [0.2, 0.25) is 6.29 Å². The zero-order valence-electron chi connectivity index (χ0n) is 17.2. The summed E-state index contributed by atoms with van der Waals surface area (Å²) in [6.45, 7) is 3.58. The lowest BCUT2D eigenvalue weighted by Crippen LogP contribution is -2.48. The smallest absolute Gasteiger partial charge is 0.288 e. The van der Waals surface area contributed by atoms with E-state index in [1.165, 1.54) is 5.56 Å². The van der Waals surface area contributed by atoms with Crippen molar-refractivity contribution in [2.45, 2.75) is 31.8 Å². The average molecular weight is 429 g/mol. The Hall–Kier alpha value is -2.19. The highest BCUT2D eigenvalue weighted by molar-refractivity contribution is 7.08. The van der Waals surface area contributed by atoms with Gasteiger partial charge in [-0.25, -0.2) is 0 Å². The molecule has 1 aromatic carbocycles. The Labute approximate surface area is 181 Å². The molecule has 1 amide bonds. The second kappa shape index (κ2) is 9.75. The maximum Gasteiger partial charge on any atom is 0.288 e. The van der Waals surface area contributed by atoms with Crippen molar-refractivity contribution in [1.82, 2.24) is 9.80 Å². The monoisotopic (exact) mass is 428 g/mol. The number of likely N-dealkylation sites (N-methyl/N-ethyl adjacent to an activating group) is 1. The minimum Gasteiger partial charge on any atom is -0.459 e. The lowest BCUT2D eigenvalue weighted by molar-refractivity contribution is -0.156. The van der Waals surface area contributed by atoms with Gasteiger partial charge in [-0.15, -0.1) is 0 Å². The molecule has 0 spiro atoms. The Balaban J connectivity index is 1.45. The van der Waals surface area contributed by atoms with E-state index in [9.17, 15) is 9.90 Å². The first-order valence-electron chi connectivity index (χ1n) is 10.3. The number of carbonyl (C=O) groups is 1. The molecule has 1 saturated heterocycles. The molecular formula is C23H28N2O4S. The van der Waals surface area contributed by atoms with Gasteiger partial charge in [-0.2, -0.15) is 11.3 Å². The summed E-state index contributed by atoms with van der Waals surface area (Å²) in [6, 6.07) is 9.75. The van der Waals surface area contributed by atoms with Crippen LogP contribution in [0.2, 0.25) is 0 Å². The van der Waals surface area contributed by atoms with E-state index in [0.29, 0.717) is 31.9 Å². The highest BCUT2D eigenvalue weighted by Gasteiger charge is 2.32. The van der Waals surface area contributed by atoms with E-state index in [4.69, 9.17) is 9.47 Å². The van der Waals surface area contributed by atoms with Gasteiger partial charge in [-0.05, 0) is 46.6 Å². The number of amides is 1. The van der Waals surface area contributed by atoms with E-state index >= 15 is 0 Å². The van der Waals surface area contributed by atoms with E-state index in [2.05, 4.69) is 28.8 Å². The van der Waals surface area contributed by atoms with Gasteiger partial charge < -0.3 is 24.4 Å². The molecular weight excluding hydrogens is 400 g/mol. The molecule has 0 unspecified atom stereocenters. The maximum absolute atomic E-state index is 13.1. The van der Waals surface area contributed by atoms with E-state index in [1.54, 1.807) is 11.3 Å². The van der Waals surface area contributed by atoms with E-state index < -0.39 is 6.29 Å². The summed E-state index contributed by atoms with van der Waals surface area (Å²) < 4.78 is 12.1. The number of rotatable bonds is 6. The molecule has 30 heavy (non-hydrogen) atoms. The van der Waals surface area contributed by atoms with Gasteiger partial charge in [0.25, 0.3) is 5.91 Å². The van der Waals surface area contributed by atoms with Crippen LogP contribution in [-0.4, -0.2) is 60.3 Å². The molecule has 2 aliphatic heterocycles. The van der Waals surface area contributed by atoms with Gasteiger partial charge in [0.1, 0.15) is 0 Å². The number of hydrogen-bond acceptors (Lipinski definition) is 6. The van der Waals surface area contributed by atoms with Gasteiger partial charge in [0.15, 0.2) is 5.76 Å². The van der Waals surface area contributed by atoms with Gasteiger partial charge in [0.05, 0.1) is 13.2 Å². The van der Waals surface area contributed by atoms with Crippen LogP contribution in [-0.2, 0) is 27.5 Å². The lowest BCUT2D eigenvalue weighted by atomic mass is 9.95. The van der Waals surface area contributed by atoms with Crippen LogP contribution in [0.4, 0.5) is 0 Å². The minimum atomic E-state index is -0.483. The third-order valence-corrected chi connectivity index (χ3v) is 6.37. The highest BCUT2D eigenvalue weighted by atomic mass is 32.1. The first-order chi connectivity index (χ1) is 14.6. The fourth-order valence-corrected chi connectivity index (χ4v) is 4.45. The Morgan fingerprint density at radius 1 is 1.17 bits per heavy atom. The van der Waals surface area contributed by atoms with E-state index in [1.807, 2.05) is 35.2 Å². The number of thiophene rings is 1. The quantitative estimate of drug-likeness (QED) is 0.767. The minimum absolute atomic E-state index is 0.0255. The molecule has 2 aliphatic rings. The third kappa shape index (κ3) is 5.10. The number of aliphatic hydroxyl groups is 1. The number of nitrogens with zero attached hydrogens (tertiary/aromatic N) is 2. The van der Waals surface area contributed by atoms with Crippen molar-refractivity contribution in [3.05, 3.63) is 69.6 Å². The van der Waals surface area contributed by atoms with Gasteiger partial charge >= 0.3 is 0 Å². The second-order valence-electron chi connectivity index (χ2n) is 7.86. The molecule has 2 atom stereocenters. The molecule has 1 N–H and O–H groups in total. The van der Waals surface area contributed by atoms with Crippen LogP contribution in [0.15, 0.2) is 52.9 Å². The van der Waals surface area contributed by atoms with Crippen molar-refractivity contribution in [1.29, 1.82) is 0 Å². The third-order valence-electron chi connectivity index (χ3n) is 5.67. The molecule has 0 saturated carbocycles. The van der Waals surface area contributed by atoms with Crippen molar-refractivity contribution in [3.8, 4) is 0 Å². The molecule has 3 heterocycles. The number of piperazine rings is 1. The van der Waals surface area contributed by atoms with Gasteiger partial charge in [0, 0.05) is 38.5 Å². The summed E-state index contributed by atoms with van der Waals surface area (Å²) in [4.78, 5) is 17.2. The maximum atomic E-state index is 13.1. The Morgan fingerprint density at radius 2 is 1.90 bits per heavy atom. The van der Waals surface area contributed by atoms with Crippen molar-refractivity contribution < 1.29 is 19.4 Å². The summed E-state index contributed by atoms with van der Waals surface area (Å²) in [6.07, 6.45) is 2.15. The van der Waals surface area contributed by atoms with Crippen LogP contribution in [0.5, 0.6) is 0 Å². The number of hydrogen-bond donors (Lipinski definition) is 1. The normalized spacial score (nSPS) is 22.5. The molecule has 7 heteroatoms. The standard InChI is InChI=1S/C23H28N2O4S/c1-24-7-9-25(10-8-24)23(27)21-12-20(19-6-11-30-16-19)13-22(29-21)28-15-18-4-2-17(14-26)3-5-18/h2-6,11-12,16,20,22,26H,7-10,13-15H2,1H3/t20-,22+/m1/s1. The number of aliphatic hydroxyl groups excluding tert-OH is 1. The van der Waals surface area contributed by atoms with Crippen molar-refractivity contribution >= 4 is 17.2 Å². The summed E-state index contributed by atoms with van der Waals surface area (Å²) in [5.74, 6) is 0.435. The molecule has 1 aromatic heterocycles. The fraction of sp³-hybridized carbons (Fsp3) is 0.435. The zero-order valence-corrected chi connectivity index (χ0v) is 18.0. The molecule has 0 radical (unpaired) electrons. The first kappa shape index (κ1) is 21.1. The molecule has 0 aliphatic carbocycles. The predicted molar refractivity (Wildman–Crippen MR) is 116 cm³/mol. The summed E-state index contributed by atoms with van der Waals surface area (Å²) in [5.41, 5.74) is 3.06. The second-order valence-corrected chi connectivity index (χ2v) is 8.64. The zero-order chi connectivity index (χ0) is 20.9. The van der Waals surface area contributed by atoms with E-state index in [-0.39, 0.29) is 18.4 Å². The van der Waals surface area contributed by atoms with Crippen molar-refractivity contribution in [2.24, 2.45) is 0 Å². The Morgan fingerprint density at radius 3 is 2.57 bits per heavy atom. The van der Waals surface area contributed by atoms with Crippen LogP contribution in [0.3, 0.4) is 0 Å². The molecule has 4 rings (SSSR count).